The lowest BCUT2D eigenvalue weighted by Crippen LogP contribution is -2.19. The van der Waals surface area contributed by atoms with Gasteiger partial charge < -0.3 is 5.32 Å². The third-order valence-corrected chi connectivity index (χ3v) is 2.58. The van der Waals surface area contributed by atoms with Crippen LogP contribution in [0.4, 0.5) is 5.69 Å². The van der Waals surface area contributed by atoms with Gasteiger partial charge in [-0.15, -0.1) is 0 Å². The van der Waals surface area contributed by atoms with Crippen molar-refractivity contribution in [1.29, 1.82) is 0 Å². The van der Waals surface area contributed by atoms with Gasteiger partial charge in [0, 0.05) is 16.1 Å². The van der Waals surface area contributed by atoms with Crippen molar-refractivity contribution in [1.82, 2.24) is 0 Å². The van der Waals surface area contributed by atoms with E-state index in [-0.39, 0.29) is 24.0 Å². The average molecular weight is 284 g/mol. The molecule has 0 unspecified atom stereocenters. The number of Topliss-reactive ketones (excluding diaryl/α,β-unsaturated/α-hetero) is 1. The minimum absolute atomic E-state index is 0.0486. The van der Waals surface area contributed by atoms with Gasteiger partial charge in [0.15, 0.2) is 0 Å². The van der Waals surface area contributed by atoms with Gasteiger partial charge in [-0.2, -0.15) is 0 Å². The van der Waals surface area contributed by atoms with Crippen LogP contribution in [0.25, 0.3) is 0 Å². The molecule has 16 heavy (non-hydrogen) atoms. The molecule has 1 N–H and O–H groups in total. The van der Waals surface area contributed by atoms with Gasteiger partial charge >= 0.3 is 0 Å². The summed E-state index contributed by atoms with van der Waals surface area (Å²) in [6.45, 7) is 3.57. The molecule has 0 spiro atoms. The second-order valence-corrected chi connectivity index (χ2v) is 4.77. The van der Waals surface area contributed by atoms with E-state index in [0.717, 1.165) is 4.47 Å². The van der Waals surface area contributed by atoms with Crippen LogP contribution in [-0.4, -0.2) is 11.7 Å². The van der Waals surface area contributed by atoms with Gasteiger partial charge in [0.2, 0.25) is 5.91 Å². The van der Waals surface area contributed by atoms with Crippen molar-refractivity contribution in [3.8, 4) is 0 Å². The van der Waals surface area contributed by atoms with E-state index in [1.807, 2.05) is 12.1 Å². The molecule has 0 atom stereocenters. The lowest BCUT2D eigenvalue weighted by molar-refractivity contribution is -0.127. The Kier molecular flexibility index (Phi) is 4.68. The van der Waals surface area contributed by atoms with Crippen LogP contribution in [0.5, 0.6) is 0 Å². The van der Waals surface area contributed by atoms with E-state index in [0.29, 0.717) is 5.69 Å². The Hall–Kier alpha value is -1.16. The van der Waals surface area contributed by atoms with Crippen molar-refractivity contribution in [3.63, 3.8) is 0 Å². The van der Waals surface area contributed by atoms with Crippen LogP contribution in [0, 0.1) is 5.92 Å². The number of rotatable bonds is 4. The van der Waals surface area contributed by atoms with Crippen LogP contribution >= 0.6 is 15.9 Å². The number of carbonyl (C=O) groups is 2. The Morgan fingerprint density at radius 3 is 2.62 bits per heavy atom. The van der Waals surface area contributed by atoms with Crippen molar-refractivity contribution in [2.24, 2.45) is 5.92 Å². The van der Waals surface area contributed by atoms with Gasteiger partial charge in [0.05, 0.1) is 6.42 Å². The second-order valence-electron chi connectivity index (χ2n) is 3.86. The van der Waals surface area contributed by atoms with Crippen molar-refractivity contribution in [2.45, 2.75) is 20.3 Å². The SMILES string of the molecule is CC(C)C(=O)CC(=O)Nc1cccc(Br)c1. The maximum absolute atomic E-state index is 11.5. The molecule has 4 heteroatoms. The molecule has 1 rings (SSSR count). The highest BCUT2D eigenvalue weighted by molar-refractivity contribution is 9.10. The van der Waals surface area contributed by atoms with Crippen molar-refractivity contribution in [2.75, 3.05) is 5.32 Å². The van der Waals surface area contributed by atoms with Gasteiger partial charge in [0.25, 0.3) is 0 Å². The van der Waals surface area contributed by atoms with Crippen LogP contribution in [0.2, 0.25) is 0 Å². The van der Waals surface area contributed by atoms with Crippen molar-refractivity contribution >= 4 is 33.3 Å². The number of benzene rings is 1. The third kappa shape index (κ3) is 4.14. The molecule has 0 saturated heterocycles. The largest absolute Gasteiger partial charge is 0.326 e. The van der Waals surface area contributed by atoms with Crippen LogP contribution < -0.4 is 5.32 Å². The standard InChI is InChI=1S/C12H14BrNO2/c1-8(2)11(15)7-12(16)14-10-5-3-4-9(13)6-10/h3-6,8H,7H2,1-2H3,(H,14,16). The Morgan fingerprint density at radius 1 is 1.38 bits per heavy atom. The summed E-state index contributed by atoms with van der Waals surface area (Å²) in [7, 11) is 0. The van der Waals surface area contributed by atoms with E-state index in [9.17, 15) is 9.59 Å². The molecule has 0 radical (unpaired) electrons. The first-order valence-corrected chi connectivity index (χ1v) is 5.86. The summed E-state index contributed by atoms with van der Waals surface area (Å²) in [6, 6.07) is 7.26. The van der Waals surface area contributed by atoms with E-state index in [1.54, 1.807) is 26.0 Å². The number of hydrogen-bond donors (Lipinski definition) is 1. The Balaban J connectivity index is 2.55. The molecule has 0 saturated carbocycles. The summed E-state index contributed by atoms with van der Waals surface area (Å²) in [6.07, 6.45) is -0.0653. The normalized spacial score (nSPS) is 10.2. The molecular formula is C12H14BrNO2. The maximum Gasteiger partial charge on any atom is 0.231 e. The number of ketones is 1. The molecule has 1 aromatic carbocycles. The smallest absolute Gasteiger partial charge is 0.231 e. The molecule has 0 aliphatic heterocycles. The van der Waals surface area contributed by atoms with E-state index >= 15 is 0 Å². The molecule has 0 fully saturated rings. The van der Waals surface area contributed by atoms with Gasteiger partial charge in [-0.05, 0) is 18.2 Å². The number of hydrogen-bond acceptors (Lipinski definition) is 2. The lowest BCUT2D eigenvalue weighted by Gasteiger charge is -2.06. The number of nitrogens with one attached hydrogen (secondary N) is 1. The molecule has 0 aliphatic rings. The van der Waals surface area contributed by atoms with Crippen LogP contribution in [-0.2, 0) is 9.59 Å². The molecule has 1 aromatic rings. The number of carbonyl (C=O) groups excluding carboxylic acids is 2. The van der Waals surface area contributed by atoms with E-state index in [1.165, 1.54) is 0 Å². The molecule has 0 bridgehead atoms. The van der Waals surface area contributed by atoms with Gasteiger partial charge in [-0.1, -0.05) is 35.8 Å². The predicted molar refractivity (Wildman–Crippen MR) is 67.2 cm³/mol. The number of anilines is 1. The van der Waals surface area contributed by atoms with Crippen LogP contribution in [0.3, 0.4) is 0 Å². The summed E-state index contributed by atoms with van der Waals surface area (Å²) in [4.78, 5) is 22.8. The first-order chi connectivity index (χ1) is 7.49. The monoisotopic (exact) mass is 283 g/mol. The zero-order valence-electron chi connectivity index (χ0n) is 9.29. The Morgan fingerprint density at radius 2 is 2.06 bits per heavy atom. The van der Waals surface area contributed by atoms with Gasteiger partial charge in [-0.3, -0.25) is 9.59 Å². The molecular weight excluding hydrogens is 270 g/mol. The second kappa shape index (κ2) is 5.80. The fourth-order valence-corrected chi connectivity index (χ4v) is 1.53. The molecule has 0 aliphatic carbocycles. The summed E-state index contributed by atoms with van der Waals surface area (Å²) in [5.74, 6) is -0.419. The predicted octanol–water partition coefficient (Wildman–Crippen LogP) is 3.00. The minimum Gasteiger partial charge on any atom is -0.326 e. The highest BCUT2D eigenvalue weighted by atomic mass is 79.9. The lowest BCUT2D eigenvalue weighted by atomic mass is 10.1. The highest BCUT2D eigenvalue weighted by Gasteiger charge is 2.12. The Bertz CT molecular complexity index is 402. The van der Waals surface area contributed by atoms with Crippen molar-refractivity contribution in [3.05, 3.63) is 28.7 Å². The zero-order valence-corrected chi connectivity index (χ0v) is 10.9. The molecule has 1 amide bonds. The molecule has 0 aromatic heterocycles. The van der Waals surface area contributed by atoms with E-state index < -0.39 is 0 Å². The average Bonchev–Trinajstić information content (AvgIpc) is 2.16. The van der Waals surface area contributed by atoms with Gasteiger partial charge in [-0.25, -0.2) is 0 Å². The van der Waals surface area contributed by atoms with E-state index in [2.05, 4.69) is 21.2 Å². The summed E-state index contributed by atoms with van der Waals surface area (Å²) in [5, 5.41) is 2.68. The maximum atomic E-state index is 11.5. The fraction of sp³-hybridized carbons (Fsp3) is 0.333. The Labute approximate surface area is 103 Å². The molecule has 3 nitrogen and oxygen atoms in total. The number of halogens is 1. The zero-order chi connectivity index (χ0) is 12.1. The summed E-state index contributed by atoms with van der Waals surface area (Å²) < 4.78 is 0.889. The highest BCUT2D eigenvalue weighted by Crippen LogP contribution is 2.15. The topological polar surface area (TPSA) is 46.2 Å². The minimum atomic E-state index is -0.267. The van der Waals surface area contributed by atoms with Gasteiger partial charge in [0.1, 0.15) is 5.78 Å². The number of amides is 1. The quantitative estimate of drug-likeness (QED) is 0.864. The molecule has 0 heterocycles. The van der Waals surface area contributed by atoms with Crippen molar-refractivity contribution < 1.29 is 9.59 Å². The van der Waals surface area contributed by atoms with Crippen LogP contribution in [0.1, 0.15) is 20.3 Å². The summed E-state index contributed by atoms with van der Waals surface area (Å²) >= 11 is 3.31. The first-order valence-electron chi connectivity index (χ1n) is 5.07. The first kappa shape index (κ1) is 12.9. The summed E-state index contributed by atoms with van der Waals surface area (Å²) in [5.41, 5.74) is 0.691. The van der Waals surface area contributed by atoms with E-state index in [4.69, 9.17) is 0 Å². The third-order valence-electron chi connectivity index (χ3n) is 2.09. The van der Waals surface area contributed by atoms with Crippen LogP contribution in [0.15, 0.2) is 28.7 Å². The molecule has 86 valence electrons. The fourth-order valence-electron chi connectivity index (χ4n) is 1.13.